The van der Waals surface area contributed by atoms with Crippen LogP contribution in [0, 0.1) is 13.8 Å². The highest BCUT2D eigenvalue weighted by atomic mass is 32.1. The van der Waals surface area contributed by atoms with Crippen molar-refractivity contribution in [3.63, 3.8) is 0 Å². The number of phenols is 1. The molecule has 3 N–H and O–H groups in total. The van der Waals surface area contributed by atoms with Gasteiger partial charge in [0.05, 0.1) is 5.69 Å². The number of amides is 1. The number of hydrogen-bond acceptors (Lipinski definition) is 3. The van der Waals surface area contributed by atoms with Crippen LogP contribution in [0.4, 0.5) is 5.69 Å². The van der Waals surface area contributed by atoms with Gasteiger partial charge in [0.2, 0.25) is 0 Å². The number of aryl methyl sites for hydroxylation is 2. The highest BCUT2D eigenvalue weighted by Crippen LogP contribution is 2.23. The van der Waals surface area contributed by atoms with Gasteiger partial charge in [-0.15, -0.1) is 0 Å². The third kappa shape index (κ3) is 3.79. The number of thiocarbonyl (C=S) groups is 1. The molecule has 0 saturated heterocycles. The Balaban J connectivity index is 2.05. The maximum absolute atomic E-state index is 12.1. The van der Waals surface area contributed by atoms with Crippen molar-refractivity contribution in [2.45, 2.75) is 13.8 Å². The van der Waals surface area contributed by atoms with Crippen LogP contribution in [0.5, 0.6) is 5.75 Å². The van der Waals surface area contributed by atoms with E-state index in [0.29, 0.717) is 11.3 Å². The van der Waals surface area contributed by atoms with E-state index in [1.54, 1.807) is 24.3 Å². The van der Waals surface area contributed by atoms with Crippen molar-refractivity contribution in [1.29, 1.82) is 0 Å². The highest BCUT2D eigenvalue weighted by Gasteiger charge is 2.11. The van der Waals surface area contributed by atoms with E-state index >= 15 is 0 Å². The monoisotopic (exact) mass is 300 g/mol. The molecule has 108 valence electrons. The van der Waals surface area contributed by atoms with Gasteiger partial charge in [0.15, 0.2) is 5.11 Å². The Labute approximate surface area is 128 Å². The van der Waals surface area contributed by atoms with E-state index in [2.05, 4.69) is 10.6 Å². The van der Waals surface area contributed by atoms with Crippen LogP contribution in [0.2, 0.25) is 0 Å². The molecular formula is C16H16N2O2S. The minimum Gasteiger partial charge on any atom is -0.506 e. The molecule has 2 aromatic carbocycles. The van der Waals surface area contributed by atoms with E-state index in [9.17, 15) is 9.90 Å². The summed E-state index contributed by atoms with van der Waals surface area (Å²) in [5.41, 5.74) is 2.83. The Hall–Kier alpha value is -2.40. The Bertz CT molecular complexity index is 698. The Morgan fingerprint density at radius 1 is 1.14 bits per heavy atom. The lowest BCUT2D eigenvalue weighted by Gasteiger charge is -2.12. The third-order valence-corrected chi connectivity index (χ3v) is 3.22. The maximum Gasteiger partial charge on any atom is 0.257 e. The summed E-state index contributed by atoms with van der Waals surface area (Å²) in [5.74, 6) is -0.195. The molecular weight excluding hydrogens is 284 g/mol. The van der Waals surface area contributed by atoms with Crippen molar-refractivity contribution in [2.24, 2.45) is 0 Å². The molecule has 0 aromatic heterocycles. The number of nitrogens with one attached hydrogen (secondary N) is 2. The lowest BCUT2D eigenvalue weighted by molar-refractivity contribution is 0.0977. The Kier molecular flexibility index (Phi) is 4.55. The van der Waals surface area contributed by atoms with Crippen molar-refractivity contribution >= 4 is 28.9 Å². The number of carbonyl (C=O) groups is 1. The van der Waals surface area contributed by atoms with Crippen molar-refractivity contribution in [3.05, 3.63) is 59.2 Å². The van der Waals surface area contributed by atoms with Crippen LogP contribution in [0.15, 0.2) is 42.5 Å². The summed E-state index contributed by atoms with van der Waals surface area (Å²) in [6.07, 6.45) is 0. The fourth-order valence-electron chi connectivity index (χ4n) is 1.90. The van der Waals surface area contributed by atoms with Crippen LogP contribution in [-0.2, 0) is 0 Å². The number of rotatable bonds is 2. The molecule has 0 aliphatic heterocycles. The minimum absolute atomic E-state index is 0.0856. The van der Waals surface area contributed by atoms with Gasteiger partial charge >= 0.3 is 0 Å². The van der Waals surface area contributed by atoms with Crippen LogP contribution < -0.4 is 10.6 Å². The predicted molar refractivity (Wildman–Crippen MR) is 87.7 cm³/mol. The molecule has 0 spiro atoms. The zero-order valence-electron chi connectivity index (χ0n) is 11.8. The van der Waals surface area contributed by atoms with Gasteiger partial charge < -0.3 is 10.4 Å². The van der Waals surface area contributed by atoms with Gasteiger partial charge in [0.25, 0.3) is 5.91 Å². The van der Waals surface area contributed by atoms with Gasteiger partial charge in [0.1, 0.15) is 5.75 Å². The van der Waals surface area contributed by atoms with E-state index < -0.39 is 0 Å². The lowest BCUT2D eigenvalue weighted by atomic mass is 10.1. The average Bonchev–Trinajstić information content (AvgIpc) is 2.42. The molecule has 0 atom stereocenters. The standard InChI is InChI=1S/C16H16N2O2S/c1-10-7-8-13(14(19)9-10)17-16(21)18-15(20)12-6-4-3-5-11(12)2/h3-9,19H,1-2H3,(H2,17,18,20,21). The molecule has 0 aliphatic rings. The molecule has 0 heterocycles. The summed E-state index contributed by atoms with van der Waals surface area (Å²) in [5, 5.41) is 15.3. The molecule has 5 heteroatoms. The van der Waals surface area contributed by atoms with Gasteiger partial charge in [-0.2, -0.15) is 0 Å². The number of hydrogen-bond donors (Lipinski definition) is 3. The summed E-state index contributed by atoms with van der Waals surface area (Å²) < 4.78 is 0. The summed E-state index contributed by atoms with van der Waals surface area (Å²) in [7, 11) is 0. The largest absolute Gasteiger partial charge is 0.506 e. The minimum atomic E-state index is -0.280. The molecule has 21 heavy (non-hydrogen) atoms. The first kappa shape index (κ1) is 15.0. The number of benzene rings is 2. The zero-order valence-corrected chi connectivity index (χ0v) is 12.6. The molecule has 0 aliphatic carbocycles. The van der Waals surface area contributed by atoms with Crippen LogP contribution in [0.3, 0.4) is 0 Å². The van der Waals surface area contributed by atoms with Crippen LogP contribution in [0.25, 0.3) is 0 Å². The summed E-state index contributed by atoms with van der Waals surface area (Å²) >= 11 is 5.09. The third-order valence-electron chi connectivity index (χ3n) is 3.02. The van der Waals surface area contributed by atoms with E-state index in [4.69, 9.17) is 12.2 Å². The number of phenolic OH excluding ortho intramolecular Hbond substituents is 1. The van der Waals surface area contributed by atoms with E-state index in [-0.39, 0.29) is 16.8 Å². The number of carbonyl (C=O) groups excluding carboxylic acids is 1. The van der Waals surface area contributed by atoms with Crippen molar-refractivity contribution in [3.8, 4) is 5.75 Å². The summed E-state index contributed by atoms with van der Waals surface area (Å²) in [6, 6.07) is 12.4. The van der Waals surface area contributed by atoms with Crippen LogP contribution in [0.1, 0.15) is 21.5 Å². The molecule has 2 aromatic rings. The van der Waals surface area contributed by atoms with Crippen LogP contribution >= 0.6 is 12.2 Å². The fourth-order valence-corrected chi connectivity index (χ4v) is 2.10. The van der Waals surface area contributed by atoms with Crippen molar-refractivity contribution in [1.82, 2.24) is 5.32 Å². The van der Waals surface area contributed by atoms with Gasteiger partial charge in [0, 0.05) is 5.56 Å². The molecule has 2 rings (SSSR count). The first-order chi connectivity index (χ1) is 9.97. The number of anilines is 1. The summed E-state index contributed by atoms with van der Waals surface area (Å²) in [4.78, 5) is 12.1. The first-order valence-electron chi connectivity index (χ1n) is 6.45. The molecule has 0 bridgehead atoms. The molecule has 1 amide bonds. The fraction of sp³-hybridized carbons (Fsp3) is 0.125. The Morgan fingerprint density at radius 2 is 1.86 bits per heavy atom. The van der Waals surface area contributed by atoms with Gasteiger partial charge in [-0.25, -0.2) is 0 Å². The van der Waals surface area contributed by atoms with Gasteiger partial charge in [-0.05, 0) is 55.4 Å². The van der Waals surface area contributed by atoms with Crippen molar-refractivity contribution in [2.75, 3.05) is 5.32 Å². The maximum atomic E-state index is 12.1. The Morgan fingerprint density at radius 3 is 2.52 bits per heavy atom. The topological polar surface area (TPSA) is 61.4 Å². The van der Waals surface area contributed by atoms with E-state index in [0.717, 1.165) is 11.1 Å². The molecule has 0 unspecified atom stereocenters. The lowest BCUT2D eigenvalue weighted by Crippen LogP contribution is -2.34. The van der Waals surface area contributed by atoms with E-state index in [1.165, 1.54) is 0 Å². The SMILES string of the molecule is Cc1ccc(NC(=S)NC(=O)c2ccccc2C)c(O)c1. The van der Waals surface area contributed by atoms with Crippen molar-refractivity contribution < 1.29 is 9.90 Å². The van der Waals surface area contributed by atoms with E-state index in [1.807, 2.05) is 32.0 Å². The van der Waals surface area contributed by atoms with Gasteiger partial charge in [-0.1, -0.05) is 24.3 Å². The smallest absolute Gasteiger partial charge is 0.257 e. The normalized spacial score (nSPS) is 10.0. The second kappa shape index (κ2) is 6.37. The first-order valence-corrected chi connectivity index (χ1v) is 6.86. The quantitative estimate of drug-likeness (QED) is 0.589. The molecule has 0 saturated carbocycles. The number of aromatic hydroxyl groups is 1. The highest BCUT2D eigenvalue weighted by molar-refractivity contribution is 7.80. The molecule has 0 radical (unpaired) electrons. The van der Waals surface area contributed by atoms with Crippen LogP contribution in [-0.4, -0.2) is 16.1 Å². The zero-order chi connectivity index (χ0) is 15.4. The second-order valence-electron chi connectivity index (χ2n) is 4.74. The average molecular weight is 300 g/mol. The molecule has 0 fully saturated rings. The second-order valence-corrected chi connectivity index (χ2v) is 5.15. The summed E-state index contributed by atoms with van der Waals surface area (Å²) in [6.45, 7) is 3.74. The van der Waals surface area contributed by atoms with Gasteiger partial charge in [-0.3, -0.25) is 10.1 Å². The predicted octanol–water partition coefficient (Wildman–Crippen LogP) is 3.14. The molecule has 4 nitrogen and oxygen atoms in total.